The summed E-state index contributed by atoms with van der Waals surface area (Å²) in [6.07, 6.45) is 3.88. The summed E-state index contributed by atoms with van der Waals surface area (Å²) in [5.41, 5.74) is 2.72. The molecular formula is C20H22N2O3S2. The average Bonchev–Trinajstić information content (AvgIpc) is 3.21. The molecule has 0 fully saturated rings. The molecule has 2 aromatic rings. The zero-order valence-electron chi connectivity index (χ0n) is 15.2. The minimum Gasteiger partial charge on any atom is -0.462 e. The minimum atomic E-state index is -0.336. The molecule has 0 atom stereocenters. The Balaban J connectivity index is 1.60. The predicted molar refractivity (Wildman–Crippen MR) is 111 cm³/mol. The standard InChI is InChI=1S/C20H22N2O3S2/c1-2-25-19(24)17-14-9-6-10-15(14)27-18(17)22-20(26)21-16(23)12-11-13-7-4-3-5-8-13/h3-5,7-8H,2,6,9-12H2,1H3,(H2,21,22,23,26). The molecule has 1 aliphatic rings. The molecule has 1 aromatic carbocycles. The van der Waals surface area contributed by atoms with Crippen LogP contribution in [0.25, 0.3) is 0 Å². The van der Waals surface area contributed by atoms with Crippen LogP contribution in [-0.4, -0.2) is 23.6 Å². The molecule has 5 nitrogen and oxygen atoms in total. The molecule has 0 saturated heterocycles. The van der Waals surface area contributed by atoms with Crippen LogP contribution in [0.15, 0.2) is 30.3 Å². The number of amides is 1. The Morgan fingerprint density at radius 2 is 2.00 bits per heavy atom. The van der Waals surface area contributed by atoms with Crippen molar-refractivity contribution < 1.29 is 14.3 Å². The lowest BCUT2D eigenvalue weighted by molar-refractivity contribution is -0.119. The largest absolute Gasteiger partial charge is 0.462 e. The van der Waals surface area contributed by atoms with Gasteiger partial charge < -0.3 is 15.4 Å². The number of thiocarbonyl (C=S) groups is 1. The van der Waals surface area contributed by atoms with E-state index in [1.165, 1.54) is 16.2 Å². The molecule has 7 heteroatoms. The number of benzene rings is 1. The molecule has 3 rings (SSSR count). The Kier molecular flexibility index (Phi) is 6.58. The summed E-state index contributed by atoms with van der Waals surface area (Å²) in [7, 11) is 0. The Morgan fingerprint density at radius 3 is 2.74 bits per heavy atom. The molecule has 0 aliphatic heterocycles. The molecule has 1 aromatic heterocycles. The van der Waals surface area contributed by atoms with Crippen molar-refractivity contribution in [1.29, 1.82) is 0 Å². The fourth-order valence-electron chi connectivity index (χ4n) is 3.14. The van der Waals surface area contributed by atoms with Crippen molar-refractivity contribution in [2.75, 3.05) is 11.9 Å². The summed E-state index contributed by atoms with van der Waals surface area (Å²) >= 11 is 6.79. The van der Waals surface area contributed by atoms with Gasteiger partial charge in [0, 0.05) is 11.3 Å². The highest BCUT2D eigenvalue weighted by Crippen LogP contribution is 2.39. The highest BCUT2D eigenvalue weighted by Gasteiger charge is 2.28. The molecule has 1 amide bonds. The van der Waals surface area contributed by atoms with E-state index in [9.17, 15) is 9.59 Å². The zero-order chi connectivity index (χ0) is 19.2. The van der Waals surface area contributed by atoms with Crippen LogP contribution in [0, 0.1) is 0 Å². The van der Waals surface area contributed by atoms with Crippen LogP contribution in [-0.2, 0) is 28.8 Å². The van der Waals surface area contributed by atoms with Crippen LogP contribution in [0.3, 0.4) is 0 Å². The molecule has 0 bridgehead atoms. The van der Waals surface area contributed by atoms with Gasteiger partial charge in [0.2, 0.25) is 5.91 Å². The molecule has 0 spiro atoms. The maximum absolute atomic E-state index is 12.4. The highest BCUT2D eigenvalue weighted by atomic mass is 32.1. The zero-order valence-corrected chi connectivity index (χ0v) is 16.8. The van der Waals surface area contributed by atoms with Gasteiger partial charge in [-0.05, 0) is 56.0 Å². The Bertz CT molecular complexity index is 846. The lowest BCUT2D eigenvalue weighted by atomic mass is 10.1. The number of hydrogen-bond donors (Lipinski definition) is 2. The maximum atomic E-state index is 12.4. The second-order valence-electron chi connectivity index (χ2n) is 6.27. The van der Waals surface area contributed by atoms with E-state index in [0.717, 1.165) is 30.4 Å². The number of esters is 1. The van der Waals surface area contributed by atoms with Gasteiger partial charge in [-0.1, -0.05) is 30.3 Å². The highest BCUT2D eigenvalue weighted by molar-refractivity contribution is 7.80. The van der Waals surface area contributed by atoms with Gasteiger partial charge >= 0.3 is 5.97 Å². The van der Waals surface area contributed by atoms with Crippen molar-refractivity contribution in [3.05, 3.63) is 51.9 Å². The third-order valence-corrected chi connectivity index (χ3v) is 5.78. The summed E-state index contributed by atoms with van der Waals surface area (Å²) in [6, 6.07) is 9.83. The number of rotatable bonds is 6. The Hall–Kier alpha value is -2.25. The van der Waals surface area contributed by atoms with E-state index in [1.54, 1.807) is 6.92 Å². The van der Waals surface area contributed by atoms with Gasteiger partial charge in [0.1, 0.15) is 5.00 Å². The summed E-state index contributed by atoms with van der Waals surface area (Å²) < 4.78 is 5.20. The van der Waals surface area contributed by atoms with E-state index in [-0.39, 0.29) is 17.0 Å². The minimum absolute atomic E-state index is 0.155. The van der Waals surface area contributed by atoms with Crippen molar-refractivity contribution in [2.45, 2.75) is 39.0 Å². The number of fused-ring (bicyclic) bond motifs is 1. The van der Waals surface area contributed by atoms with Gasteiger partial charge in [0.15, 0.2) is 5.11 Å². The third-order valence-electron chi connectivity index (χ3n) is 4.36. The Morgan fingerprint density at radius 1 is 1.22 bits per heavy atom. The van der Waals surface area contributed by atoms with Gasteiger partial charge in [-0.2, -0.15) is 0 Å². The van der Waals surface area contributed by atoms with Crippen molar-refractivity contribution >= 4 is 45.5 Å². The number of hydrogen-bond acceptors (Lipinski definition) is 5. The number of aryl methyl sites for hydroxylation is 2. The number of thiophene rings is 1. The normalized spacial score (nSPS) is 12.3. The van der Waals surface area contributed by atoms with Crippen molar-refractivity contribution in [3.8, 4) is 0 Å². The molecule has 1 heterocycles. The van der Waals surface area contributed by atoms with Gasteiger partial charge in [0.05, 0.1) is 12.2 Å². The van der Waals surface area contributed by atoms with Gasteiger partial charge in [-0.3, -0.25) is 4.79 Å². The van der Waals surface area contributed by atoms with E-state index in [1.807, 2.05) is 30.3 Å². The van der Waals surface area contributed by atoms with E-state index in [4.69, 9.17) is 17.0 Å². The van der Waals surface area contributed by atoms with Crippen LogP contribution < -0.4 is 10.6 Å². The topological polar surface area (TPSA) is 67.4 Å². The van der Waals surface area contributed by atoms with Gasteiger partial charge in [0.25, 0.3) is 0 Å². The number of carbonyl (C=O) groups excluding carboxylic acids is 2. The number of anilines is 1. The summed E-state index contributed by atoms with van der Waals surface area (Å²) in [5.74, 6) is -0.490. The molecule has 142 valence electrons. The van der Waals surface area contributed by atoms with Crippen LogP contribution in [0.2, 0.25) is 0 Å². The first-order valence-corrected chi connectivity index (χ1v) is 10.3. The third kappa shape index (κ3) is 4.93. The fraction of sp³-hybridized carbons (Fsp3) is 0.350. The van der Waals surface area contributed by atoms with E-state index < -0.39 is 0 Å². The number of nitrogens with one attached hydrogen (secondary N) is 2. The first kappa shape index (κ1) is 19.5. The van der Waals surface area contributed by atoms with Crippen molar-refractivity contribution in [1.82, 2.24) is 5.32 Å². The van der Waals surface area contributed by atoms with Gasteiger partial charge in [-0.25, -0.2) is 4.79 Å². The van der Waals surface area contributed by atoms with Crippen LogP contribution >= 0.6 is 23.6 Å². The molecule has 1 aliphatic carbocycles. The van der Waals surface area contributed by atoms with Crippen LogP contribution in [0.1, 0.15) is 46.1 Å². The Labute approximate surface area is 168 Å². The lowest BCUT2D eigenvalue weighted by Gasteiger charge is -2.11. The molecule has 2 N–H and O–H groups in total. The molecular weight excluding hydrogens is 380 g/mol. The SMILES string of the molecule is CCOC(=O)c1c(NC(=S)NC(=O)CCc2ccccc2)sc2c1CCC2. The lowest BCUT2D eigenvalue weighted by Crippen LogP contribution is -2.34. The van der Waals surface area contributed by atoms with Crippen LogP contribution in [0.5, 0.6) is 0 Å². The number of carbonyl (C=O) groups is 2. The first-order valence-electron chi connectivity index (χ1n) is 9.05. The fourth-order valence-corrected chi connectivity index (χ4v) is 4.70. The van der Waals surface area contributed by atoms with E-state index in [2.05, 4.69) is 10.6 Å². The molecule has 0 saturated carbocycles. The average molecular weight is 403 g/mol. The molecule has 0 unspecified atom stereocenters. The maximum Gasteiger partial charge on any atom is 0.341 e. The van der Waals surface area contributed by atoms with Crippen molar-refractivity contribution in [2.24, 2.45) is 0 Å². The van der Waals surface area contributed by atoms with E-state index in [0.29, 0.717) is 30.0 Å². The van der Waals surface area contributed by atoms with E-state index >= 15 is 0 Å². The molecule has 27 heavy (non-hydrogen) atoms. The second-order valence-corrected chi connectivity index (χ2v) is 7.78. The monoisotopic (exact) mass is 402 g/mol. The second kappa shape index (κ2) is 9.10. The van der Waals surface area contributed by atoms with Crippen molar-refractivity contribution in [3.63, 3.8) is 0 Å². The smallest absolute Gasteiger partial charge is 0.341 e. The summed E-state index contributed by atoms with van der Waals surface area (Å²) in [6.45, 7) is 2.11. The quantitative estimate of drug-likeness (QED) is 0.567. The number of ether oxygens (including phenoxy) is 1. The van der Waals surface area contributed by atoms with Crippen LogP contribution in [0.4, 0.5) is 5.00 Å². The first-order chi connectivity index (χ1) is 13.1. The summed E-state index contributed by atoms with van der Waals surface area (Å²) in [4.78, 5) is 25.7. The molecule has 0 radical (unpaired) electrons. The summed E-state index contributed by atoms with van der Waals surface area (Å²) in [5, 5.41) is 6.59. The predicted octanol–water partition coefficient (Wildman–Crippen LogP) is 3.86. The van der Waals surface area contributed by atoms with Gasteiger partial charge in [-0.15, -0.1) is 11.3 Å².